The number of H-pyrrole nitrogens is 1. The second-order valence-electron chi connectivity index (χ2n) is 12.6. The molecule has 228 valence electrons. The van der Waals surface area contributed by atoms with Crippen LogP contribution in [0.5, 0.6) is 0 Å². The van der Waals surface area contributed by atoms with Crippen molar-refractivity contribution in [3.63, 3.8) is 0 Å². The van der Waals surface area contributed by atoms with Crippen molar-refractivity contribution >= 4 is 28.7 Å². The number of nitrogens with one attached hydrogen (secondary N) is 4. The number of aromatic nitrogens is 1. The van der Waals surface area contributed by atoms with Gasteiger partial charge in [0.05, 0.1) is 5.92 Å². The molecule has 2 saturated heterocycles. The van der Waals surface area contributed by atoms with Crippen LogP contribution >= 0.6 is 0 Å². The van der Waals surface area contributed by atoms with Gasteiger partial charge in [-0.2, -0.15) is 0 Å². The van der Waals surface area contributed by atoms with Crippen molar-refractivity contribution in [3.05, 3.63) is 71.2 Å². The zero-order chi connectivity index (χ0) is 30.1. The highest BCUT2D eigenvalue weighted by Gasteiger charge is 2.48. The predicted octanol–water partition coefficient (Wildman–Crippen LogP) is 3.41. The number of amides is 4. The number of hydrogen-bond donors (Lipinski definition) is 4. The van der Waals surface area contributed by atoms with Gasteiger partial charge in [0, 0.05) is 68.7 Å². The van der Waals surface area contributed by atoms with Gasteiger partial charge in [-0.1, -0.05) is 24.3 Å². The van der Waals surface area contributed by atoms with Crippen LogP contribution in [0.25, 0.3) is 10.9 Å². The van der Waals surface area contributed by atoms with Gasteiger partial charge in [0.2, 0.25) is 11.8 Å². The van der Waals surface area contributed by atoms with Crippen molar-refractivity contribution in [1.82, 2.24) is 30.7 Å². The highest BCUT2D eigenvalue weighted by molar-refractivity contribution is 5.90. The maximum absolute atomic E-state index is 14.1. The van der Waals surface area contributed by atoms with E-state index >= 15 is 0 Å². The number of halogens is 1. The SMILES string of the molecule is CN(C)C(=O)[C@@H]1CC2(CCN(C(=O)C(Cc3c[nH]c4cc(F)ccc34)NC(=O)NC3CCCNC3)CC2)c2ccccc21. The van der Waals surface area contributed by atoms with Gasteiger partial charge in [-0.15, -0.1) is 0 Å². The van der Waals surface area contributed by atoms with Gasteiger partial charge < -0.3 is 30.7 Å². The quantitative estimate of drug-likeness (QED) is 0.354. The van der Waals surface area contributed by atoms with Gasteiger partial charge in [-0.25, -0.2) is 9.18 Å². The number of nitrogens with zero attached hydrogens (tertiary/aromatic N) is 2. The zero-order valence-electron chi connectivity index (χ0n) is 24.9. The second-order valence-corrected chi connectivity index (χ2v) is 12.6. The number of benzene rings is 2. The molecule has 3 aromatic rings. The lowest BCUT2D eigenvalue weighted by Gasteiger charge is -2.41. The van der Waals surface area contributed by atoms with Crippen molar-refractivity contribution in [1.29, 1.82) is 0 Å². The average Bonchev–Trinajstić information content (AvgIpc) is 3.55. The van der Waals surface area contributed by atoms with E-state index < -0.39 is 6.04 Å². The maximum Gasteiger partial charge on any atom is 0.315 e. The van der Waals surface area contributed by atoms with Crippen molar-refractivity contribution in [3.8, 4) is 0 Å². The van der Waals surface area contributed by atoms with Gasteiger partial charge in [0.25, 0.3) is 0 Å². The molecule has 6 rings (SSSR count). The molecule has 10 heteroatoms. The molecule has 2 aliphatic heterocycles. The Hall–Kier alpha value is -3.92. The lowest BCUT2D eigenvalue weighted by Crippen LogP contribution is -2.57. The number of piperidine rings is 2. The smallest absolute Gasteiger partial charge is 0.315 e. The number of urea groups is 1. The number of carbonyl (C=O) groups is 3. The third-order valence-corrected chi connectivity index (χ3v) is 9.66. The Kier molecular flexibility index (Phi) is 8.13. The van der Waals surface area contributed by atoms with Crippen LogP contribution in [-0.2, 0) is 21.4 Å². The lowest BCUT2D eigenvalue weighted by molar-refractivity contribution is -0.135. The third-order valence-electron chi connectivity index (χ3n) is 9.66. The fourth-order valence-corrected chi connectivity index (χ4v) is 7.38. The van der Waals surface area contributed by atoms with Crippen LogP contribution in [0.1, 0.15) is 54.7 Å². The number of fused-ring (bicyclic) bond motifs is 3. The molecule has 1 aliphatic carbocycles. The molecule has 0 bridgehead atoms. The van der Waals surface area contributed by atoms with Crippen molar-refractivity contribution in [2.45, 2.75) is 61.9 Å². The van der Waals surface area contributed by atoms with Crippen LogP contribution < -0.4 is 16.0 Å². The van der Waals surface area contributed by atoms with E-state index in [9.17, 15) is 18.8 Å². The summed E-state index contributed by atoms with van der Waals surface area (Å²) in [7, 11) is 3.60. The average molecular weight is 589 g/mol. The molecule has 4 amide bonds. The number of aromatic amines is 1. The van der Waals surface area contributed by atoms with E-state index in [2.05, 4.69) is 33.1 Å². The zero-order valence-corrected chi connectivity index (χ0v) is 24.9. The van der Waals surface area contributed by atoms with E-state index in [4.69, 9.17) is 0 Å². The van der Waals surface area contributed by atoms with Crippen LogP contribution in [0.4, 0.5) is 9.18 Å². The number of rotatable bonds is 6. The summed E-state index contributed by atoms with van der Waals surface area (Å²) in [6.07, 6.45) is 6.20. The molecule has 4 N–H and O–H groups in total. The first-order valence-electron chi connectivity index (χ1n) is 15.4. The highest BCUT2D eigenvalue weighted by Crippen LogP contribution is 2.52. The van der Waals surface area contributed by atoms with E-state index in [0.29, 0.717) is 25.2 Å². The standard InChI is InChI=1S/C33H41FN6O3/c1-39(2)30(41)26-18-33(27-8-4-3-7-25(26)27)11-14-40(15-12-33)31(42)29(38-32(43)37-23-6-5-13-35-20-23)16-21-19-36-28-17-22(34)9-10-24(21)28/h3-4,7-10,17,19,23,26,29,35-36H,5-6,11-16,18,20H2,1-2H3,(H2,37,38,43)/t23?,26-,29?/m1/s1. The number of likely N-dealkylation sites (tertiary alicyclic amines) is 1. The Bertz CT molecular complexity index is 1510. The summed E-state index contributed by atoms with van der Waals surface area (Å²) in [5, 5.41) is 10.1. The normalized spacial score (nSPS) is 21.8. The minimum atomic E-state index is -0.784. The van der Waals surface area contributed by atoms with Crippen LogP contribution in [-0.4, -0.2) is 85.0 Å². The topological polar surface area (TPSA) is 110 Å². The Labute approximate surface area is 251 Å². The Morgan fingerprint density at radius 2 is 1.93 bits per heavy atom. The molecule has 1 aromatic heterocycles. The summed E-state index contributed by atoms with van der Waals surface area (Å²) >= 11 is 0. The summed E-state index contributed by atoms with van der Waals surface area (Å²) in [6, 6.07) is 11.7. The molecule has 3 heterocycles. The minimum Gasteiger partial charge on any atom is -0.361 e. The van der Waals surface area contributed by atoms with Gasteiger partial charge in [0.1, 0.15) is 11.9 Å². The molecular formula is C33H41FN6O3. The summed E-state index contributed by atoms with van der Waals surface area (Å²) < 4.78 is 13.8. The fourth-order valence-electron chi connectivity index (χ4n) is 7.38. The third kappa shape index (κ3) is 5.85. The molecule has 0 radical (unpaired) electrons. The highest BCUT2D eigenvalue weighted by atomic mass is 19.1. The number of hydrogen-bond acceptors (Lipinski definition) is 4. The molecule has 1 spiro atoms. The van der Waals surface area contributed by atoms with Gasteiger partial charge in [0.15, 0.2) is 0 Å². The molecule has 2 unspecified atom stereocenters. The molecule has 43 heavy (non-hydrogen) atoms. The van der Waals surface area contributed by atoms with Crippen LogP contribution in [0.15, 0.2) is 48.7 Å². The van der Waals surface area contributed by atoms with E-state index in [1.165, 1.54) is 17.7 Å². The van der Waals surface area contributed by atoms with Gasteiger partial charge in [-0.05, 0) is 73.5 Å². The first-order valence-corrected chi connectivity index (χ1v) is 15.4. The van der Waals surface area contributed by atoms with E-state index in [1.54, 1.807) is 31.3 Å². The van der Waals surface area contributed by atoms with Crippen LogP contribution in [0.2, 0.25) is 0 Å². The van der Waals surface area contributed by atoms with Crippen molar-refractivity contribution in [2.75, 3.05) is 40.3 Å². The van der Waals surface area contributed by atoms with Crippen LogP contribution in [0, 0.1) is 5.82 Å². The summed E-state index contributed by atoms with van der Waals surface area (Å²) in [5.41, 5.74) is 3.67. The monoisotopic (exact) mass is 588 g/mol. The van der Waals surface area contributed by atoms with Crippen molar-refractivity contribution in [2.24, 2.45) is 0 Å². The molecule has 3 aliphatic rings. The van der Waals surface area contributed by atoms with Gasteiger partial charge >= 0.3 is 6.03 Å². The Morgan fingerprint density at radius 3 is 2.67 bits per heavy atom. The summed E-state index contributed by atoms with van der Waals surface area (Å²) in [4.78, 5) is 46.9. The first kappa shape index (κ1) is 29.2. The first-order chi connectivity index (χ1) is 20.7. The lowest BCUT2D eigenvalue weighted by atomic mass is 9.73. The number of likely N-dealkylation sites (N-methyl/N-ethyl adjacent to an activating group) is 1. The molecule has 0 saturated carbocycles. The molecule has 2 fully saturated rings. The largest absolute Gasteiger partial charge is 0.361 e. The van der Waals surface area contributed by atoms with Crippen LogP contribution in [0.3, 0.4) is 0 Å². The summed E-state index contributed by atoms with van der Waals surface area (Å²) in [5.74, 6) is -0.523. The molecular weight excluding hydrogens is 547 g/mol. The molecule has 2 aromatic carbocycles. The van der Waals surface area contributed by atoms with E-state index in [-0.39, 0.29) is 47.5 Å². The minimum absolute atomic E-state index is 0.00988. The molecule has 3 atom stereocenters. The Morgan fingerprint density at radius 1 is 1.14 bits per heavy atom. The van der Waals surface area contributed by atoms with Gasteiger partial charge in [-0.3, -0.25) is 9.59 Å². The molecule has 9 nitrogen and oxygen atoms in total. The Balaban J connectivity index is 1.20. The summed E-state index contributed by atoms with van der Waals surface area (Å²) in [6.45, 7) is 2.73. The maximum atomic E-state index is 14.1. The predicted molar refractivity (Wildman–Crippen MR) is 163 cm³/mol. The second kappa shape index (κ2) is 12.0. The van der Waals surface area contributed by atoms with E-state index in [0.717, 1.165) is 55.2 Å². The number of carbonyl (C=O) groups excluding carboxylic acids is 3. The van der Waals surface area contributed by atoms with Crippen molar-refractivity contribution < 1.29 is 18.8 Å². The fraction of sp³-hybridized carbons (Fsp3) is 0.485. The van der Waals surface area contributed by atoms with E-state index in [1.807, 2.05) is 17.0 Å².